The number of hydrogen-bond donors (Lipinski definition) is 1. The number of nitrogens with zero attached hydrogens (tertiary/aromatic N) is 5. The predicted octanol–water partition coefficient (Wildman–Crippen LogP) is 3.81. The van der Waals surface area contributed by atoms with Gasteiger partial charge in [-0.3, -0.25) is 4.79 Å². The van der Waals surface area contributed by atoms with Crippen molar-refractivity contribution in [3.8, 4) is 11.4 Å². The molecule has 1 aliphatic heterocycles. The first-order chi connectivity index (χ1) is 17.3. The van der Waals surface area contributed by atoms with Crippen molar-refractivity contribution in [1.29, 1.82) is 0 Å². The topological polar surface area (TPSA) is 111 Å². The highest BCUT2D eigenvalue weighted by molar-refractivity contribution is 5.94. The lowest BCUT2D eigenvalue weighted by molar-refractivity contribution is -0.137. The second-order valence-electron chi connectivity index (χ2n) is 9.74. The average molecular weight is 521 g/mol. The van der Waals surface area contributed by atoms with E-state index in [-0.39, 0.29) is 28.8 Å². The first-order valence-corrected chi connectivity index (χ1v) is 11.5. The Kier molecular flexibility index (Phi) is 6.84. The summed E-state index contributed by atoms with van der Waals surface area (Å²) in [5.41, 5.74) is -1.67. The Morgan fingerprint density at radius 3 is 2.57 bits per heavy atom. The van der Waals surface area contributed by atoms with Gasteiger partial charge in [0.05, 0.1) is 43.1 Å². The van der Waals surface area contributed by atoms with Gasteiger partial charge in [-0.2, -0.15) is 13.2 Å². The summed E-state index contributed by atoms with van der Waals surface area (Å²) in [4.78, 5) is 34.9. The Hall–Kier alpha value is -3.74. The number of hydrogen-bond acceptors (Lipinski definition) is 8. The fourth-order valence-electron chi connectivity index (χ4n) is 3.82. The summed E-state index contributed by atoms with van der Waals surface area (Å²) < 4.78 is 54.1. The van der Waals surface area contributed by atoms with E-state index in [2.05, 4.69) is 20.4 Å². The molecule has 0 aliphatic carbocycles. The minimum absolute atomic E-state index is 0.132. The highest BCUT2D eigenvalue weighted by Gasteiger charge is 2.36. The maximum absolute atomic E-state index is 14.2. The van der Waals surface area contributed by atoms with E-state index >= 15 is 0 Å². The van der Waals surface area contributed by atoms with E-state index in [4.69, 9.17) is 9.47 Å². The zero-order valence-electron chi connectivity index (χ0n) is 21.0. The van der Waals surface area contributed by atoms with Crippen LogP contribution in [0, 0.1) is 5.41 Å². The van der Waals surface area contributed by atoms with Crippen LogP contribution in [-0.4, -0.2) is 64.4 Å². The van der Waals surface area contributed by atoms with Gasteiger partial charge in [-0.15, -0.1) is 5.10 Å². The highest BCUT2D eigenvalue weighted by atomic mass is 19.4. The van der Waals surface area contributed by atoms with Crippen LogP contribution < -0.4 is 10.2 Å². The molecular formula is C24H27F3N6O4. The molecule has 1 fully saturated rings. The van der Waals surface area contributed by atoms with E-state index in [0.717, 1.165) is 12.3 Å². The van der Waals surface area contributed by atoms with E-state index in [9.17, 15) is 22.8 Å². The third-order valence-corrected chi connectivity index (χ3v) is 5.88. The molecule has 1 N–H and O–H groups in total. The minimum atomic E-state index is -4.79. The van der Waals surface area contributed by atoms with Crippen LogP contribution in [0.15, 0.2) is 24.5 Å². The van der Waals surface area contributed by atoms with E-state index in [1.54, 1.807) is 20.8 Å². The summed E-state index contributed by atoms with van der Waals surface area (Å²) in [6, 6.07) is 2.16. The number of methoxy groups -OCH3 is 1. The summed E-state index contributed by atoms with van der Waals surface area (Å²) in [5.74, 6) is -1.25. The van der Waals surface area contributed by atoms with Crippen LogP contribution in [0.5, 0.6) is 0 Å². The summed E-state index contributed by atoms with van der Waals surface area (Å²) in [5, 5.41) is 6.70. The van der Waals surface area contributed by atoms with E-state index in [1.807, 2.05) is 11.8 Å². The van der Waals surface area contributed by atoms with Crippen molar-refractivity contribution in [1.82, 2.24) is 19.6 Å². The molecule has 1 aliphatic rings. The first-order valence-electron chi connectivity index (χ1n) is 11.5. The number of pyridine rings is 1. The highest BCUT2D eigenvalue weighted by Crippen LogP contribution is 2.38. The summed E-state index contributed by atoms with van der Waals surface area (Å²) >= 11 is 0. The lowest BCUT2D eigenvalue weighted by atomic mass is 9.96. The van der Waals surface area contributed by atoms with Gasteiger partial charge in [-0.05, 0) is 19.1 Å². The third kappa shape index (κ3) is 5.36. The Labute approximate surface area is 210 Å². The molecule has 0 saturated carbocycles. The summed E-state index contributed by atoms with van der Waals surface area (Å²) in [6.45, 7) is 8.05. The van der Waals surface area contributed by atoms with Crippen LogP contribution in [0.2, 0.25) is 0 Å². The van der Waals surface area contributed by atoms with Crippen molar-refractivity contribution < 1.29 is 32.2 Å². The number of nitrogens with one attached hydrogen (secondary N) is 1. The number of carbonyl (C=O) groups excluding carboxylic acids is 2. The van der Waals surface area contributed by atoms with Crippen molar-refractivity contribution in [2.75, 3.05) is 37.1 Å². The van der Waals surface area contributed by atoms with Crippen molar-refractivity contribution in [2.24, 2.45) is 5.41 Å². The number of halogens is 3. The van der Waals surface area contributed by atoms with Crippen LogP contribution in [-0.2, 0) is 20.4 Å². The van der Waals surface area contributed by atoms with E-state index < -0.39 is 29.0 Å². The number of esters is 1. The SMILES string of the molecule is COC(=O)c1cc2c(N3CCOCC3C)nc(-c3cnc(NC(=O)C(C)(C)C)cc3C(F)(F)F)nn2c1. The molecule has 0 bridgehead atoms. The van der Waals surface area contributed by atoms with Gasteiger partial charge in [0.2, 0.25) is 5.91 Å². The van der Waals surface area contributed by atoms with Crippen LogP contribution in [0.25, 0.3) is 16.9 Å². The Morgan fingerprint density at radius 1 is 1.22 bits per heavy atom. The van der Waals surface area contributed by atoms with Gasteiger partial charge in [0.1, 0.15) is 11.3 Å². The predicted molar refractivity (Wildman–Crippen MR) is 128 cm³/mol. The lowest BCUT2D eigenvalue weighted by Gasteiger charge is -2.34. The van der Waals surface area contributed by atoms with Gasteiger partial charge < -0.3 is 19.7 Å². The number of alkyl halides is 3. The molecule has 13 heteroatoms. The average Bonchev–Trinajstić information content (AvgIpc) is 3.26. The van der Waals surface area contributed by atoms with Crippen molar-refractivity contribution in [3.63, 3.8) is 0 Å². The smallest absolute Gasteiger partial charge is 0.417 e. The summed E-state index contributed by atoms with van der Waals surface area (Å²) in [7, 11) is 1.23. The Balaban J connectivity index is 1.89. The summed E-state index contributed by atoms with van der Waals surface area (Å²) in [6.07, 6.45) is -2.43. The quantitative estimate of drug-likeness (QED) is 0.517. The molecule has 0 radical (unpaired) electrons. The number of ether oxygens (including phenoxy) is 2. The van der Waals surface area contributed by atoms with E-state index in [0.29, 0.717) is 31.1 Å². The molecule has 0 spiro atoms. The fourth-order valence-corrected chi connectivity index (χ4v) is 3.82. The van der Waals surface area contributed by atoms with Gasteiger partial charge in [-0.1, -0.05) is 20.8 Å². The normalized spacial score (nSPS) is 16.6. The number of carbonyl (C=O) groups is 2. The molecule has 1 atom stereocenters. The molecule has 1 saturated heterocycles. The molecule has 3 aromatic rings. The molecule has 1 unspecified atom stereocenters. The van der Waals surface area contributed by atoms with Crippen LogP contribution in [0.1, 0.15) is 43.6 Å². The molecule has 198 valence electrons. The minimum Gasteiger partial charge on any atom is -0.465 e. The number of amides is 1. The largest absolute Gasteiger partial charge is 0.465 e. The van der Waals surface area contributed by atoms with Crippen molar-refractivity contribution in [2.45, 2.75) is 39.9 Å². The third-order valence-electron chi connectivity index (χ3n) is 5.88. The molecule has 37 heavy (non-hydrogen) atoms. The van der Waals surface area contributed by atoms with E-state index in [1.165, 1.54) is 23.9 Å². The molecule has 0 aromatic carbocycles. The second kappa shape index (κ2) is 9.61. The van der Waals surface area contributed by atoms with Gasteiger partial charge in [0.25, 0.3) is 0 Å². The van der Waals surface area contributed by atoms with Gasteiger partial charge in [0.15, 0.2) is 11.6 Å². The number of morpholine rings is 1. The fraction of sp³-hybridized carbons (Fsp3) is 0.458. The maximum atomic E-state index is 14.2. The molecule has 3 aromatic heterocycles. The van der Waals surface area contributed by atoms with Gasteiger partial charge in [-0.25, -0.2) is 19.3 Å². The lowest BCUT2D eigenvalue weighted by Crippen LogP contribution is -2.44. The number of anilines is 2. The number of rotatable bonds is 4. The molecule has 1 amide bonds. The van der Waals surface area contributed by atoms with Gasteiger partial charge >= 0.3 is 12.1 Å². The monoisotopic (exact) mass is 520 g/mol. The first kappa shape index (κ1) is 26.3. The molecule has 10 nitrogen and oxygen atoms in total. The molecular weight excluding hydrogens is 493 g/mol. The number of fused-ring (bicyclic) bond motifs is 1. The molecule has 4 heterocycles. The zero-order valence-corrected chi connectivity index (χ0v) is 21.0. The Morgan fingerprint density at radius 2 is 1.95 bits per heavy atom. The zero-order chi connectivity index (χ0) is 27.1. The Bertz CT molecular complexity index is 1350. The van der Waals surface area contributed by atoms with Crippen LogP contribution in [0.4, 0.5) is 24.8 Å². The maximum Gasteiger partial charge on any atom is 0.417 e. The van der Waals surface area contributed by atoms with Crippen molar-refractivity contribution >= 4 is 29.0 Å². The molecule has 4 rings (SSSR count). The van der Waals surface area contributed by atoms with Gasteiger partial charge in [0, 0.05) is 24.4 Å². The second-order valence-corrected chi connectivity index (χ2v) is 9.74. The number of aromatic nitrogens is 4. The van der Waals surface area contributed by atoms with Crippen LogP contribution in [0.3, 0.4) is 0 Å². The standard InChI is InChI=1S/C24H27F3N6O4/c1-13-12-37-7-6-32(13)20-17-8-14(21(34)36-5)11-33(17)31-19(30-20)15-10-28-18(9-16(15)24(25,26)27)29-22(35)23(2,3)4/h8-11,13H,6-7,12H2,1-5H3,(H,28,29,35). The van der Waals surface area contributed by atoms with Crippen molar-refractivity contribution in [3.05, 3.63) is 35.7 Å². The van der Waals surface area contributed by atoms with Crippen LogP contribution >= 0.6 is 0 Å².